The lowest BCUT2D eigenvalue weighted by molar-refractivity contribution is 0.982. The summed E-state index contributed by atoms with van der Waals surface area (Å²) in [6.07, 6.45) is 4.18. The van der Waals surface area contributed by atoms with Crippen LogP contribution in [0.25, 0.3) is 22.4 Å². The van der Waals surface area contributed by atoms with Gasteiger partial charge in [0.2, 0.25) is 0 Å². The van der Waals surface area contributed by atoms with Crippen molar-refractivity contribution in [3.8, 4) is 11.4 Å². The van der Waals surface area contributed by atoms with Gasteiger partial charge in [0.05, 0.1) is 11.0 Å². The highest BCUT2D eigenvalue weighted by Crippen LogP contribution is 2.22. The number of aryl methyl sites for hydroxylation is 1. The molecule has 2 N–H and O–H groups in total. The number of nitrogens with zero attached hydrogens (tertiary/aromatic N) is 4. The van der Waals surface area contributed by atoms with Crippen molar-refractivity contribution >= 4 is 16.9 Å². The van der Waals surface area contributed by atoms with E-state index in [1.165, 1.54) is 0 Å². The van der Waals surface area contributed by atoms with E-state index in [0.717, 1.165) is 34.3 Å². The zero-order chi connectivity index (χ0) is 14.1. The van der Waals surface area contributed by atoms with Crippen molar-refractivity contribution in [1.82, 2.24) is 19.9 Å². The zero-order valence-electron chi connectivity index (χ0n) is 11.5. The summed E-state index contributed by atoms with van der Waals surface area (Å²) in [5, 5.41) is 0. The van der Waals surface area contributed by atoms with Gasteiger partial charge in [-0.15, -0.1) is 0 Å². The number of anilines is 1. The molecule has 100 valence electrons. The topological polar surface area (TPSA) is 77.6 Å². The van der Waals surface area contributed by atoms with E-state index in [4.69, 9.17) is 5.73 Å². The fourth-order valence-electron chi connectivity index (χ4n) is 2.16. The second kappa shape index (κ2) is 4.85. The van der Waals surface area contributed by atoms with E-state index in [0.29, 0.717) is 11.6 Å². The first-order chi connectivity index (χ1) is 9.69. The number of hydrogen-bond acceptors (Lipinski definition) is 5. The molecule has 0 aliphatic carbocycles. The van der Waals surface area contributed by atoms with Gasteiger partial charge in [0.15, 0.2) is 5.82 Å². The molecule has 0 unspecified atom stereocenters. The van der Waals surface area contributed by atoms with E-state index < -0.39 is 0 Å². The molecule has 5 nitrogen and oxygen atoms in total. The highest BCUT2D eigenvalue weighted by molar-refractivity contribution is 5.79. The third kappa shape index (κ3) is 2.07. The van der Waals surface area contributed by atoms with Gasteiger partial charge in [-0.05, 0) is 31.5 Å². The predicted octanol–water partition coefficient (Wildman–Crippen LogP) is 2.54. The van der Waals surface area contributed by atoms with E-state index >= 15 is 0 Å². The summed E-state index contributed by atoms with van der Waals surface area (Å²) >= 11 is 0. The molecule has 0 aliphatic heterocycles. The summed E-state index contributed by atoms with van der Waals surface area (Å²) in [6.45, 7) is 4.01. The third-order valence-corrected chi connectivity index (χ3v) is 3.35. The van der Waals surface area contributed by atoms with Gasteiger partial charge in [-0.1, -0.05) is 6.92 Å². The molecule has 0 atom stereocenters. The number of benzene rings is 1. The molecule has 0 saturated carbocycles. The number of rotatable bonds is 2. The molecule has 0 amide bonds. The van der Waals surface area contributed by atoms with Crippen LogP contribution in [0.4, 0.5) is 5.82 Å². The molecule has 1 aromatic carbocycles. The van der Waals surface area contributed by atoms with Crippen molar-refractivity contribution in [2.75, 3.05) is 5.73 Å². The van der Waals surface area contributed by atoms with Gasteiger partial charge in [0.1, 0.15) is 5.82 Å². The Kier molecular flexibility index (Phi) is 3.02. The SMILES string of the molecule is CCc1nc(-c2ccc3nccnc3c2)nc(N)c1C. The summed E-state index contributed by atoms with van der Waals surface area (Å²) in [5.41, 5.74) is 10.5. The first-order valence-corrected chi connectivity index (χ1v) is 6.53. The number of fused-ring (bicyclic) bond motifs is 1. The number of nitrogen functional groups attached to an aromatic ring is 1. The number of hydrogen-bond donors (Lipinski definition) is 1. The van der Waals surface area contributed by atoms with Crippen LogP contribution in [0.3, 0.4) is 0 Å². The smallest absolute Gasteiger partial charge is 0.161 e. The molecule has 3 aromatic rings. The molecule has 0 aliphatic rings. The average molecular weight is 265 g/mol. The van der Waals surface area contributed by atoms with Gasteiger partial charge in [0.25, 0.3) is 0 Å². The van der Waals surface area contributed by atoms with Gasteiger partial charge in [-0.25, -0.2) is 9.97 Å². The van der Waals surface area contributed by atoms with E-state index in [1.54, 1.807) is 12.4 Å². The van der Waals surface area contributed by atoms with Crippen LogP contribution >= 0.6 is 0 Å². The fraction of sp³-hybridized carbons (Fsp3) is 0.200. The molecule has 20 heavy (non-hydrogen) atoms. The highest BCUT2D eigenvalue weighted by Gasteiger charge is 2.10. The predicted molar refractivity (Wildman–Crippen MR) is 79.1 cm³/mol. The van der Waals surface area contributed by atoms with E-state index in [9.17, 15) is 0 Å². The minimum absolute atomic E-state index is 0.533. The van der Waals surface area contributed by atoms with Crippen LogP contribution in [0.15, 0.2) is 30.6 Å². The molecule has 0 spiro atoms. The van der Waals surface area contributed by atoms with Crippen LogP contribution in [-0.4, -0.2) is 19.9 Å². The third-order valence-electron chi connectivity index (χ3n) is 3.35. The summed E-state index contributed by atoms with van der Waals surface area (Å²) in [5.74, 6) is 1.17. The van der Waals surface area contributed by atoms with E-state index in [-0.39, 0.29) is 0 Å². The Hall–Kier alpha value is -2.56. The van der Waals surface area contributed by atoms with Crippen LogP contribution in [0.1, 0.15) is 18.2 Å². The largest absolute Gasteiger partial charge is 0.383 e. The van der Waals surface area contributed by atoms with Crippen molar-refractivity contribution in [2.45, 2.75) is 20.3 Å². The Labute approximate surface area is 116 Å². The Balaban J connectivity index is 2.17. The van der Waals surface area contributed by atoms with E-state index in [2.05, 4.69) is 26.9 Å². The molecule has 5 heteroatoms. The molecular weight excluding hydrogens is 250 g/mol. The van der Waals surface area contributed by atoms with Gasteiger partial charge in [-0.3, -0.25) is 9.97 Å². The molecular formula is C15H15N5. The second-order valence-corrected chi connectivity index (χ2v) is 4.62. The Bertz CT molecular complexity index is 782. The molecule has 3 rings (SSSR count). The van der Waals surface area contributed by atoms with Crippen molar-refractivity contribution in [3.05, 3.63) is 41.9 Å². The van der Waals surface area contributed by atoms with Gasteiger partial charge < -0.3 is 5.73 Å². The zero-order valence-corrected chi connectivity index (χ0v) is 11.5. The maximum atomic E-state index is 5.97. The second-order valence-electron chi connectivity index (χ2n) is 4.62. The van der Waals surface area contributed by atoms with Crippen molar-refractivity contribution in [1.29, 1.82) is 0 Å². The molecule has 2 heterocycles. The summed E-state index contributed by atoms with van der Waals surface area (Å²) in [6, 6.07) is 5.80. The quantitative estimate of drug-likeness (QED) is 0.770. The van der Waals surface area contributed by atoms with Crippen LogP contribution in [0.5, 0.6) is 0 Å². The Morgan fingerprint density at radius 1 is 1.05 bits per heavy atom. The maximum Gasteiger partial charge on any atom is 0.161 e. The summed E-state index contributed by atoms with van der Waals surface area (Å²) in [4.78, 5) is 17.5. The van der Waals surface area contributed by atoms with Gasteiger partial charge >= 0.3 is 0 Å². The lowest BCUT2D eigenvalue weighted by Crippen LogP contribution is -2.04. The average Bonchev–Trinajstić information content (AvgIpc) is 2.49. The van der Waals surface area contributed by atoms with Crippen molar-refractivity contribution < 1.29 is 0 Å². The Morgan fingerprint density at radius 2 is 1.80 bits per heavy atom. The normalized spacial score (nSPS) is 10.9. The molecule has 0 radical (unpaired) electrons. The van der Waals surface area contributed by atoms with Crippen LogP contribution < -0.4 is 5.73 Å². The standard InChI is InChI=1S/C15H15N5/c1-3-11-9(2)14(16)20-15(19-11)10-4-5-12-13(8-10)18-7-6-17-12/h4-8H,3H2,1-2H3,(H2,16,19,20). The molecule has 0 bridgehead atoms. The fourth-order valence-corrected chi connectivity index (χ4v) is 2.16. The minimum Gasteiger partial charge on any atom is -0.383 e. The monoisotopic (exact) mass is 265 g/mol. The van der Waals surface area contributed by atoms with Crippen LogP contribution in [0.2, 0.25) is 0 Å². The maximum absolute atomic E-state index is 5.97. The number of aromatic nitrogens is 4. The van der Waals surface area contributed by atoms with Crippen molar-refractivity contribution in [3.63, 3.8) is 0 Å². The molecule has 0 saturated heterocycles. The Morgan fingerprint density at radius 3 is 2.55 bits per heavy atom. The first-order valence-electron chi connectivity index (χ1n) is 6.53. The molecule has 2 aromatic heterocycles. The molecule has 0 fully saturated rings. The van der Waals surface area contributed by atoms with Crippen LogP contribution in [-0.2, 0) is 6.42 Å². The van der Waals surface area contributed by atoms with Crippen molar-refractivity contribution in [2.24, 2.45) is 0 Å². The van der Waals surface area contributed by atoms with Gasteiger partial charge in [0, 0.05) is 29.2 Å². The minimum atomic E-state index is 0.533. The highest BCUT2D eigenvalue weighted by atomic mass is 15.0. The lowest BCUT2D eigenvalue weighted by atomic mass is 10.1. The van der Waals surface area contributed by atoms with Crippen LogP contribution in [0, 0.1) is 6.92 Å². The van der Waals surface area contributed by atoms with Gasteiger partial charge in [-0.2, -0.15) is 0 Å². The summed E-state index contributed by atoms with van der Waals surface area (Å²) in [7, 11) is 0. The first kappa shape index (κ1) is 12.5. The lowest BCUT2D eigenvalue weighted by Gasteiger charge is -2.09. The number of nitrogens with two attached hydrogens (primary N) is 1. The van der Waals surface area contributed by atoms with E-state index in [1.807, 2.05) is 25.1 Å². The summed E-state index contributed by atoms with van der Waals surface area (Å²) < 4.78 is 0.